The molecule has 0 aliphatic rings. The summed E-state index contributed by atoms with van der Waals surface area (Å²) in [6.07, 6.45) is -0.920. The van der Waals surface area contributed by atoms with Gasteiger partial charge in [0, 0.05) is 20.3 Å². The second-order valence-corrected chi connectivity index (χ2v) is 5.31. The molecule has 7 heteroatoms. The van der Waals surface area contributed by atoms with E-state index in [1.54, 1.807) is 12.1 Å². The molecule has 0 radical (unpaired) electrons. The molecule has 0 unspecified atom stereocenters. The van der Waals surface area contributed by atoms with Crippen molar-refractivity contribution in [3.05, 3.63) is 47.5 Å². The highest BCUT2D eigenvalue weighted by Gasteiger charge is 2.33. The number of phenols is 3. The van der Waals surface area contributed by atoms with Crippen LogP contribution in [0.3, 0.4) is 0 Å². The SMILES string of the molecule is COc1cc(C(=O)[C@H](c2ccc(O)cc2)C(OC)OC)c(O)cc1O. The number of ketones is 1. The third kappa shape index (κ3) is 3.84. The average Bonchev–Trinajstić information content (AvgIpc) is 2.60. The first-order valence-corrected chi connectivity index (χ1v) is 7.41. The summed E-state index contributed by atoms with van der Waals surface area (Å²) in [7, 11) is 4.13. The van der Waals surface area contributed by atoms with Crippen LogP contribution >= 0.6 is 0 Å². The number of Topliss-reactive ketones (excluding diaryl/α,β-unsaturated/α-hetero) is 1. The van der Waals surface area contributed by atoms with E-state index in [4.69, 9.17) is 14.2 Å². The van der Waals surface area contributed by atoms with Crippen molar-refractivity contribution in [2.45, 2.75) is 12.2 Å². The molecule has 7 nitrogen and oxygen atoms in total. The van der Waals surface area contributed by atoms with Crippen LogP contribution in [0.4, 0.5) is 0 Å². The van der Waals surface area contributed by atoms with Gasteiger partial charge in [0.05, 0.1) is 18.6 Å². The van der Waals surface area contributed by atoms with Crippen molar-refractivity contribution in [1.29, 1.82) is 0 Å². The van der Waals surface area contributed by atoms with Gasteiger partial charge in [-0.05, 0) is 23.8 Å². The van der Waals surface area contributed by atoms with Gasteiger partial charge in [-0.2, -0.15) is 0 Å². The van der Waals surface area contributed by atoms with Crippen LogP contribution in [0.1, 0.15) is 21.8 Å². The summed E-state index contributed by atoms with van der Waals surface area (Å²) in [4.78, 5) is 13.1. The van der Waals surface area contributed by atoms with Crippen LogP contribution in [0, 0.1) is 0 Å². The lowest BCUT2D eigenvalue weighted by molar-refractivity contribution is -0.110. The van der Waals surface area contributed by atoms with Gasteiger partial charge in [-0.15, -0.1) is 0 Å². The van der Waals surface area contributed by atoms with Crippen LogP contribution in [-0.2, 0) is 9.47 Å². The van der Waals surface area contributed by atoms with Crippen molar-refractivity contribution < 1.29 is 34.3 Å². The van der Waals surface area contributed by atoms with Gasteiger partial charge in [0.1, 0.15) is 11.5 Å². The molecule has 134 valence electrons. The number of aromatic hydroxyl groups is 3. The van der Waals surface area contributed by atoms with Gasteiger partial charge >= 0.3 is 0 Å². The van der Waals surface area contributed by atoms with Crippen molar-refractivity contribution in [2.75, 3.05) is 21.3 Å². The third-order valence-electron chi connectivity index (χ3n) is 3.83. The Bertz CT molecular complexity index is 736. The summed E-state index contributed by atoms with van der Waals surface area (Å²) in [6.45, 7) is 0. The number of rotatable bonds is 7. The molecule has 0 aromatic heterocycles. The van der Waals surface area contributed by atoms with Crippen molar-refractivity contribution in [2.24, 2.45) is 0 Å². The van der Waals surface area contributed by atoms with Crippen LogP contribution in [0.5, 0.6) is 23.0 Å². The molecule has 0 fully saturated rings. The third-order valence-corrected chi connectivity index (χ3v) is 3.83. The zero-order valence-electron chi connectivity index (χ0n) is 14.1. The zero-order chi connectivity index (χ0) is 18.6. The van der Waals surface area contributed by atoms with Crippen LogP contribution in [0.25, 0.3) is 0 Å². The predicted octanol–water partition coefficient (Wildman–Crippen LogP) is 2.40. The van der Waals surface area contributed by atoms with E-state index in [0.29, 0.717) is 5.56 Å². The molecule has 0 amide bonds. The fraction of sp³-hybridized carbons (Fsp3) is 0.278. The van der Waals surface area contributed by atoms with Gasteiger partial charge in [-0.3, -0.25) is 4.79 Å². The van der Waals surface area contributed by atoms with E-state index in [1.165, 1.54) is 39.5 Å². The lowest BCUT2D eigenvalue weighted by Crippen LogP contribution is -2.29. The maximum absolute atomic E-state index is 13.1. The first-order valence-electron chi connectivity index (χ1n) is 7.41. The first kappa shape index (κ1) is 18.6. The van der Waals surface area contributed by atoms with Gasteiger partial charge in [-0.1, -0.05) is 12.1 Å². The molecular weight excluding hydrogens is 328 g/mol. The van der Waals surface area contributed by atoms with Crippen LogP contribution < -0.4 is 4.74 Å². The van der Waals surface area contributed by atoms with E-state index in [1.807, 2.05) is 0 Å². The molecule has 0 saturated heterocycles. The maximum atomic E-state index is 13.1. The van der Waals surface area contributed by atoms with Gasteiger partial charge in [-0.25, -0.2) is 0 Å². The molecule has 0 aliphatic heterocycles. The molecule has 2 aromatic rings. The molecule has 0 saturated carbocycles. The van der Waals surface area contributed by atoms with Gasteiger partial charge in [0.15, 0.2) is 23.6 Å². The summed E-state index contributed by atoms with van der Waals surface area (Å²) in [5.41, 5.74) is 0.481. The predicted molar refractivity (Wildman–Crippen MR) is 89.3 cm³/mol. The average molecular weight is 348 g/mol. The smallest absolute Gasteiger partial charge is 0.179 e. The van der Waals surface area contributed by atoms with Crippen molar-refractivity contribution in [3.63, 3.8) is 0 Å². The van der Waals surface area contributed by atoms with E-state index in [9.17, 15) is 20.1 Å². The lowest BCUT2D eigenvalue weighted by Gasteiger charge is -2.24. The Balaban J connectivity index is 2.54. The van der Waals surface area contributed by atoms with E-state index in [2.05, 4.69) is 0 Å². The Kier molecular flexibility index (Phi) is 5.84. The summed E-state index contributed by atoms with van der Waals surface area (Å²) >= 11 is 0. The topological polar surface area (TPSA) is 105 Å². The molecule has 0 heterocycles. The van der Waals surface area contributed by atoms with Gasteiger partial charge in [0.2, 0.25) is 0 Å². The summed E-state index contributed by atoms with van der Waals surface area (Å²) in [5, 5.41) is 29.3. The van der Waals surface area contributed by atoms with Crippen molar-refractivity contribution >= 4 is 5.78 Å². The Morgan fingerprint density at radius 2 is 1.52 bits per heavy atom. The van der Waals surface area contributed by atoms with Crippen LogP contribution in [0.2, 0.25) is 0 Å². The normalized spacial score (nSPS) is 12.2. The highest BCUT2D eigenvalue weighted by molar-refractivity contribution is 6.04. The minimum absolute atomic E-state index is 0.0492. The molecule has 3 N–H and O–H groups in total. The van der Waals surface area contributed by atoms with E-state index in [-0.39, 0.29) is 22.8 Å². The Hall–Kier alpha value is -2.77. The summed E-state index contributed by atoms with van der Waals surface area (Å²) < 4.78 is 15.5. The fourth-order valence-corrected chi connectivity index (χ4v) is 2.57. The van der Waals surface area contributed by atoms with Crippen LogP contribution in [-0.4, -0.2) is 48.7 Å². The van der Waals surface area contributed by atoms with Crippen molar-refractivity contribution in [1.82, 2.24) is 0 Å². The van der Waals surface area contributed by atoms with Gasteiger partial charge < -0.3 is 29.5 Å². The molecule has 0 spiro atoms. The molecule has 0 bridgehead atoms. The number of hydrogen-bond acceptors (Lipinski definition) is 7. The summed E-state index contributed by atoms with van der Waals surface area (Å²) in [5.74, 6) is -1.97. The first-order chi connectivity index (χ1) is 11.9. The number of benzene rings is 2. The standard InChI is InChI=1S/C18H20O7/c1-23-15-8-12(13(20)9-14(15)21)17(22)16(18(24-2)25-3)10-4-6-11(19)7-5-10/h4-9,16,18-21H,1-3H3/t16-/m0/s1. The Labute approximate surface area is 145 Å². The second-order valence-electron chi connectivity index (χ2n) is 5.31. The number of carbonyl (C=O) groups is 1. The van der Waals surface area contributed by atoms with E-state index < -0.39 is 23.7 Å². The number of hydrogen-bond donors (Lipinski definition) is 3. The molecule has 2 rings (SSSR count). The van der Waals surface area contributed by atoms with E-state index in [0.717, 1.165) is 6.07 Å². The molecule has 0 aliphatic carbocycles. The number of phenolic OH excluding ortho intramolecular Hbond substituents is 3. The minimum atomic E-state index is -0.920. The maximum Gasteiger partial charge on any atom is 0.179 e. The Morgan fingerprint density at radius 1 is 0.920 bits per heavy atom. The largest absolute Gasteiger partial charge is 0.508 e. The van der Waals surface area contributed by atoms with E-state index >= 15 is 0 Å². The number of methoxy groups -OCH3 is 3. The molecule has 25 heavy (non-hydrogen) atoms. The Morgan fingerprint density at radius 3 is 2.04 bits per heavy atom. The van der Waals surface area contributed by atoms with Crippen molar-refractivity contribution in [3.8, 4) is 23.0 Å². The fourth-order valence-electron chi connectivity index (χ4n) is 2.57. The second kappa shape index (κ2) is 7.87. The minimum Gasteiger partial charge on any atom is -0.508 e. The van der Waals surface area contributed by atoms with Gasteiger partial charge in [0.25, 0.3) is 0 Å². The lowest BCUT2D eigenvalue weighted by atomic mass is 9.89. The quantitative estimate of drug-likeness (QED) is 0.521. The highest BCUT2D eigenvalue weighted by atomic mass is 16.7. The zero-order valence-corrected chi connectivity index (χ0v) is 14.1. The number of carbonyl (C=O) groups excluding carboxylic acids is 1. The van der Waals surface area contributed by atoms with Crippen LogP contribution in [0.15, 0.2) is 36.4 Å². The summed E-state index contributed by atoms with van der Waals surface area (Å²) in [6, 6.07) is 8.30. The monoisotopic (exact) mass is 348 g/mol. The molecule has 2 aromatic carbocycles. The highest BCUT2D eigenvalue weighted by Crippen LogP contribution is 2.37. The molecular formula is C18H20O7. The molecule has 1 atom stereocenters. The number of ether oxygens (including phenoxy) is 3.